The highest BCUT2D eigenvalue weighted by molar-refractivity contribution is 5.24. The van der Waals surface area contributed by atoms with Crippen LogP contribution in [-0.4, -0.2) is 40.9 Å². The minimum Gasteiger partial charge on any atom is -0.316 e. The van der Waals surface area contributed by atoms with Crippen LogP contribution < -0.4 is 5.32 Å². The molecule has 90 valence electrons. The van der Waals surface area contributed by atoms with Crippen LogP contribution in [0.15, 0.2) is 0 Å². The molecule has 0 saturated carbocycles. The van der Waals surface area contributed by atoms with Gasteiger partial charge in [-0.25, -0.2) is 0 Å². The van der Waals surface area contributed by atoms with Gasteiger partial charge in [0.15, 0.2) is 0 Å². The van der Waals surface area contributed by atoms with Crippen molar-refractivity contribution in [1.29, 1.82) is 0 Å². The average Bonchev–Trinajstić information content (AvgIpc) is 2.80. The second kappa shape index (κ2) is 4.55. The number of rotatable bonds is 3. The topological polar surface area (TPSA) is 33.1 Å². The highest BCUT2D eigenvalue weighted by Gasteiger charge is 2.22. The molecule has 4 heteroatoms. The summed E-state index contributed by atoms with van der Waals surface area (Å²) < 4.78 is 1.98. The lowest BCUT2D eigenvalue weighted by atomic mass is 10.2. The highest BCUT2D eigenvalue weighted by Crippen LogP contribution is 2.18. The van der Waals surface area contributed by atoms with E-state index >= 15 is 0 Å². The van der Waals surface area contributed by atoms with E-state index in [1.165, 1.54) is 29.9 Å². The van der Waals surface area contributed by atoms with Gasteiger partial charge in [0, 0.05) is 44.0 Å². The Morgan fingerprint density at radius 1 is 1.44 bits per heavy atom. The second-order valence-corrected chi connectivity index (χ2v) is 4.78. The predicted octanol–water partition coefficient (Wildman–Crippen LogP) is 0.831. The Hall–Kier alpha value is -0.870. The number of likely N-dealkylation sites (tertiary alicyclic amines) is 1. The van der Waals surface area contributed by atoms with E-state index in [1.807, 2.05) is 11.7 Å². The molecule has 2 heterocycles. The molecule has 1 unspecified atom stereocenters. The maximum atomic E-state index is 4.47. The van der Waals surface area contributed by atoms with Gasteiger partial charge in [-0.15, -0.1) is 0 Å². The maximum Gasteiger partial charge on any atom is 0.0641 e. The summed E-state index contributed by atoms with van der Waals surface area (Å²) in [6, 6.07) is 0.664. The van der Waals surface area contributed by atoms with Crippen LogP contribution in [0, 0.1) is 13.8 Å². The van der Waals surface area contributed by atoms with Crippen molar-refractivity contribution < 1.29 is 0 Å². The molecule has 0 spiro atoms. The van der Waals surface area contributed by atoms with E-state index in [1.54, 1.807) is 0 Å². The van der Waals surface area contributed by atoms with E-state index in [9.17, 15) is 0 Å². The molecule has 0 amide bonds. The number of aromatic nitrogens is 2. The van der Waals surface area contributed by atoms with Crippen molar-refractivity contribution >= 4 is 0 Å². The van der Waals surface area contributed by atoms with Crippen LogP contribution in [0.4, 0.5) is 0 Å². The quantitative estimate of drug-likeness (QED) is 0.822. The van der Waals surface area contributed by atoms with Crippen molar-refractivity contribution in [1.82, 2.24) is 20.0 Å². The van der Waals surface area contributed by atoms with Gasteiger partial charge in [0.25, 0.3) is 0 Å². The van der Waals surface area contributed by atoms with Crippen molar-refractivity contribution in [3.8, 4) is 0 Å². The molecule has 16 heavy (non-hydrogen) atoms. The molecule has 0 radical (unpaired) electrons. The third-order valence-corrected chi connectivity index (χ3v) is 3.72. The molecular weight excluding hydrogens is 200 g/mol. The van der Waals surface area contributed by atoms with E-state index in [0.717, 1.165) is 13.1 Å². The van der Waals surface area contributed by atoms with Crippen molar-refractivity contribution in [2.75, 3.05) is 20.1 Å². The molecule has 1 fully saturated rings. The van der Waals surface area contributed by atoms with Crippen LogP contribution in [0.3, 0.4) is 0 Å². The summed E-state index contributed by atoms with van der Waals surface area (Å²) in [6.07, 6.45) is 1.26. The molecule has 1 aromatic rings. The van der Waals surface area contributed by atoms with Gasteiger partial charge in [-0.05, 0) is 27.3 Å². The lowest BCUT2D eigenvalue weighted by Gasteiger charge is -2.16. The first-order valence-electron chi connectivity index (χ1n) is 6.00. The lowest BCUT2D eigenvalue weighted by Crippen LogP contribution is -2.29. The largest absolute Gasteiger partial charge is 0.316 e. The summed E-state index contributed by atoms with van der Waals surface area (Å²) >= 11 is 0. The SMILES string of the molecule is CNC1CCN(Cc2c(C)nn(C)c2C)C1. The molecular formula is C12H22N4. The van der Waals surface area contributed by atoms with Crippen LogP contribution >= 0.6 is 0 Å². The monoisotopic (exact) mass is 222 g/mol. The number of hydrogen-bond acceptors (Lipinski definition) is 3. The van der Waals surface area contributed by atoms with Crippen LogP contribution in [0.5, 0.6) is 0 Å². The Labute approximate surface area is 97.6 Å². The van der Waals surface area contributed by atoms with Crippen LogP contribution in [0.2, 0.25) is 0 Å². The van der Waals surface area contributed by atoms with Crippen molar-refractivity contribution in [3.05, 3.63) is 17.0 Å². The Morgan fingerprint density at radius 3 is 2.69 bits per heavy atom. The van der Waals surface area contributed by atoms with Gasteiger partial charge in [0.05, 0.1) is 5.69 Å². The van der Waals surface area contributed by atoms with Crippen molar-refractivity contribution in [3.63, 3.8) is 0 Å². The minimum atomic E-state index is 0.664. The summed E-state index contributed by atoms with van der Waals surface area (Å²) in [4.78, 5) is 2.51. The fourth-order valence-electron chi connectivity index (χ4n) is 2.48. The Morgan fingerprint density at radius 2 is 2.19 bits per heavy atom. The summed E-state index contributed by atoms with van der Waals surface area (Å²) in [6.45, 7) is 7.65. The molecule has 4 nitrogen and oxygen atoms in total. The first-order chi connectivity index (χ1) is 7.61. The van der Waals surface area contributed by atoms with Gasteiger partial charge in [0.1, 0.15) is 0 Å². The number of aryl methyl sites for hydroxylation is 2. The number of hydrogen-bond donors (Lipinski definition) is 1. The zero-order valence-corrected chi connectivity index (χ0v) is 10.7. The third-order valence-electron chi connectivity index (χ3n) is 3.72. The first kappa shape index (κ1) is 11.6. The zero-order chi connectivity index (χ0) is 11.7. The molecule has 1 atom stereocenters. The molecule has 0 aromatic carbocycles. The predicted molar refractivity (Wildman–Crippen MR) is 65.4 cm³/mol. The lowest BCUT2D eigenvalue weighted by molar-refractivity contribution is 0.321. The molecule has 0 bridgehead atoms. The van der Waals surface area contributed by atoms with Gasteiger partial charge in [-0.1, -0.05) is 0 Å². The zero-order valence-electron chi connectivity index (χ0n) is 10.7. The third kappa shape index (κ3) is 2.13. The van der Waals surface area contributed by atoms with Gasteiger partial charge >= 0.3 is 0 Å². The molecule has 1 aliphatic heterocycles. The van der Waals surface area contributed by atoms with Crippen LogP contribution in [0.25, 0.3) is 0 Å². The Kier molecular flexibility index (Phi) is 3.30. The first-order valence-corrected chi connectivity index (χ1v) is 6.00. The van der Waals surface area contributed by atoms with Gasteiger partial charge in [0.2, 0.25) is 0 Å². The molecule has 2 rings (SSSR count). The fraction of sp³-hybridized carbons (Fsp3) is 0.750. The van der Waals surface area contributed by atoms with Gasteiger partial charge in [-0.2, -0.15) is 5.10 Å². The van der Waals surface area contributed by atoms with Crippen molar-refractivity contribution in [2.45, 2.75) is 32.9 Å². The van der Waals surface area contributed by atoms with Gasteiger partial charge in [-0.3, -0.25) is 9.58 Å². The van der Waals surface area contributed by atoms with E-state index < -0.39 is 0 Å². The highest BCUT2D eigenvalue weighted by atomic mass is 15.3. The normalized spacial score (nSPS) is 21.9. The molecule has 1 aromatic heterocycles. The summed E-state index contributed by atoms with van der Waals surface area (Å²) in [7, 11) is 4.07. The maximum absolute atomic E-state index is 4.47. The number of nitrogens with zero attached hydrogens (tertiary/aromatic N) is 3. The van der Waals surface area contributed by atoms with Gasteiger partial charge < -0.3 is 5.32 Å². The Balaban J connectivity index is 2.04. The molecule has 1 saturated heterocycles. The number of nitrogens with one attached hydrogen (secondary N) is 1. The van der Waals surface area contributed by atoms with Crippen molar-refractivity contribution in [2.24, 2.45) is 7.05 Å². The van der Waals surface area contributed by atoms with E-state index in [4.69, 9.17) is 0 Å². The summed E-state index contributed by atoms with van der Waals surface area (Å²) in [5, 5.41) is 7.82. The second-order valence-electron chi connectivity index (χ2n) is 4.78. The van der Waals surface area contributed by atoms with E-state index in [2.05, 4.69) is 36.2 Å². The number of likely N-dealkylation sites (N-methyl/N-ethyl adjacent to an activating group) is 1. The van der Waals surface area contributed by atoms with Crippen LogP contribution in [0.1, 0.15) is 23.4 Å². The molecule has 0 aliphatic carbocycles. The Bertz CT molecular complexity index is 369. The smallest absolute Gasteiger partial charge is 0.0641 e. The molecule has 1 N–H and O–H groups in total. The van der Waals surface area contributed by atoms with E-state index in [-0.39, 0.29) is 0 Å². The summed E-state index contributed by atoms with van der Waals surface area (Å²) in [5.41, 5.74) is 3.87. The minimum absolute atomic E-state index is 0.664. The summed E-state index contributed by atoms with van der Waals surface area (Å²) in [5.74, 6) is 0. The molecule has 1 aliphatic rings. The average molecular weight is 222 g/mol. The van der Waals surface area contributed by atoms with Crippen LogP contribution in [-0.2, 0) is 13.6 Å². The van der Waals surface area contributed by atoms with E-state index in [0.29, 0.717) is 6.04 Å². The standard InChI is InChI=1S/C12H22N4/c1-9-12(10(2)15(4)14-9)8-16-6-5-11(7-16)13-3/h11,13H,5-8H2,1-4H3. The fourth-order valence-corrected chi connectivity index (χ4v) is 2.48.